The molecule has 1 fully saturated rings. The average molecular weight is 352 g/mol. The van der Waals surface area contributed by atoms with E-state index in [2.05, 4.69) is 15.4 Å². The first kappa shape index (κ1) is 18.9. The first-order valence-corrected chi connectivity index (χ1v) is 8.50. The number of hydrogen-bond acceptors (Lipinski definition) is 5. The van der Waals surface area contributed by atoms with Gasteiger partial charge in [0.25, 0.3) is 0 Å². The van der Waals surface area contributed by atoms with Crippen LogP contribution in [0.2, 0.25) is 0 Å². The second kappa shape index (κ2) is 8.59. The zero-order valence-electron chi connectivity index (χ0n) is 15.4. The van der Waals surface area contributed by atoms with Gasteiger partial charge >= 0.3 is 6.09 Å². The van der Waals surface area contributed by atoms with Crippen LogP contribution in [-0.4, -0.2) is 59.6 Å². The Balaban J connectivity index is 1.86. The Hall–Kier alpha value is -2.45. The van der Waals surface area contributed by atoms with Crippen molar-refractivity contribution < 1.29 is 14.3 Å². The maximum atomic E-state index is 11.7. The van der Waals surface area contributed by atoms with E-state index in [-0.39, 0.29) is 12.1 Å². The molecule has 9 heteroatoms. The van der Waals surface area contributed by atoms with E-state index < -0.39 is 0 Å². The molecule has 1 aliphatic rings. The maximum absolute atomic E-state index is 11.7. The molecule has 0 saturated carbocycles. The van der Waals surface area contributed by atoms with E-state index in [1.807, 2.05) is 20.9 Å². The van der Waals surface area contributed by atoms with Crippen molar-refractivity contribution >= 4 is 12.1 Å². The topological polar surface area (TPSA) is 107 Å². The fraction of sp³-hybridized carbons (Fsp3) is 0.688. The SMILES string of the molecule is CCOC(=O)N1CCC(NC(N)=NCc2c(C)nn(C)c2OC)CC1. The molecule has 3 N–H and O–H groups in total. The van der Waals surface area contributed by atoms with Gasteiger partial charge in [0.15, 0.2) is 5.96 Å². The molecule has 1 aromatic rings. The van der Waals surface area contributed by atoms with Crippen LogP contribution in [0.1, 0.15) is 31.0 Å². The molecule has 0 aliphatic carbocycles. The number of likely N-dealkylation sites (tertiary alicyclic amines) is 1. The van der Waals surface area contributed by atoms with Crippen LogP contribution in [-0.2, 0) is 18.3 Å². The summed E-state index contributed by atoms with van der Waals surface area (Å²) < 4.78 is 12.1. The lowest BCUT2D eigenvalue weighted by Gasteiger charge is -2.31. The molecule has 0 aromatic carbocycles. The third kappa shape index (κ3) is 4.77. The normalized spacial score (nSPS) is 16.0. The summed E-state index contributed by atoms with van der Waals surface area (Å²) in [5, 5.41) is 7.55. The summed E-state index contributed by atoms with van der Waals surface area (Å²) in [5.41, 5.74) is 7.81. The monoisotopic (exact) mass is 352 g/mol. The Labute approximate surface area is 148 Å². The van der Waals surface area contributed by atoms with Crippen molar-refractivity contribution in [2.45, 2.75) is 39.3 Å². The highest BCUT2D eigenvalue weighted by Crippen LogP contribution is 2.21. The molecule has 2 rings (SSSR count). The molecule has 1 saturated heterocycles. The van der Waals surface area contributed by atoms with E-state index in [1.165, 1.54) is 0 Å². The highest BCUT2D eigenvalue weighted by atomic mass is 16.6. The van der Waals surface area contributed by atoms with Gasteiger partial charge in [0.05, 0.1) is 31.5 Å². The van der Waals surface area contributed by atoms with Crippen molar-refractivity contribution in [2.24, 2.45) is 17.8 Å². The van der Waals surface area contributed by atoms with E-state index in [1.54, 1.807) is 16.7 Å². The fourth-order valence-electron chi connectivity index (χ4n) is 2.96. The van der Waals surface area contributed by atoms with Gasteiger partial charge in [-0.3, -0.25) is 0 Å². The van der Waals surface area contributed by atoms with Crippen molar-refractivity contribution in [1.82, 2.24) is 20.0 Å². The fourth-order valence-corrected chi connectivity index (χ4v) is 2.96. The highest BCUT2D eigenvalue weighted by Gasteiger charge is 2.23. The van der Waals surface area contributed by atoms with Gasteiger partial charge in [0.2, 0.25) is 5.88 Å². The molecule has 0 unspecified atom stereocenters. The van der Waals surface area contributed by atoms with Gasteiger partial charge in [-0.2, -0.15) is 5.10 Å². The molecule has 1 aromatic heterocycles. The number of carbonyl (C=O) groups excluding carboxylic acids is 1. The minimum atomic E-state index is -0.248. The van der Waals surface area contributed by atoms with Crippen LogP contribution >= 0.6 is 0 Å². The van der Waals surface area contributed by atoms with Crippen LogP contribution in [0.15, 0.2) is 4.99 Å². The molecule has 9 nitrogen and oxygen atoms in total. The Morgan fingerprint density at radius 1 is 1.44 bits per heavy atom. The number of aliphatic imine (C=N–C) groups is 1. The van der Waals surface area contributed by atoms with Crippen molar-refractivity contribution in [3.63, 3.8) is 0 Å². The minimum absolute atomic E-state index is 0.200. The zero-order valence-corrected chi connectivity index (χ0v) is 15.4. The number of carbonyl (C=O) groups is 1. The Morgan fingerprint density at radius 2 is 2.12 bits per heavy atom. The van der Waals surface area contributed by atoms with E-state index >= 15 is 0 Å². The summed E-state index contributed by atoms with van der Waals surface area (Å²) in [6.07, 6.45) is 1.37. The lowest BCUT2D eigenvalue weighted by molar-refractivity contribution is 0.0963. The summed E-state index contributed by atoms with van der Waals surface area (Å²) in [6, 6.07) is 0.200. The molecule has 0 radical (unpaired) electrons. The van der Waals surface area contributed by atoms with Gasteiger partial charge < -0.3 is 25.4 Å². The van der Waals surface area contributed by atoms with Crippen LogP contribution in [0.4, 0.5) is 4.79 Å². The second-order valence-corrected chi connectivity index (χ2v) is 6.00. The molecule has 1 amide bonds. The number of guanidine groups is 1. The van der Waals surface area contributed by atoms with Crippen molar-refractivity contribution in [3.8, 4) is 5.88 Å². The number of aromatic nitrogens is 2. The number of piperidine rings is 1. The minimum Gasteiger partial charge on any atom is -0.481 e. The van der Waals surface area contributed by atoms with E-state index in [4.69, 9.17) is 15.2 Å². The first-order chi connectivity index (χ1) is 12.0. The maximum Gasteiger partial charge on any atom is 0.409 e. The summed E-state index contributed by atoms with van der Waals surface area (Å²) >= 11 is 0. The molecule has 140 valence electrons. The van der Waals surface area contributed by atoms with Crippen molar-refractivity contribution in [3.05, 3.63) is 11.3 Å². The van der Waals surface area contributed by atoms with Crippen molar-refractivity contribution in [1.29, 1.82) is 0 Å². The predicted octanol–water partition coefficient (Wildman–Crippen LogP) is 0.762. The molecule has 2 heterocycles. The number of rotatable bonds is 5. The average Bonchev–Trinajstić information content (AvgIpc) is 2.86. The molecular formula is C16H28N6O3. The third-order valence-corrected chi connectivity index (χ3v) is 4.26. The third-order valence-electron chi connectivity index (χ3n) is 4.26. The second-order valence-electron chi connectivity index (χ2n) is 6.00. The summed E-state index contributed by atoms with van der Waals surface area (Å²) in [7, 11) is 3.45. The van der Waals surface area contributed by atoms with Crippen LogP contribution in [0.5, 0.6) is 5.88 Å². The summed E-state index contributed by atoms with van der Waals surface area (Å²) in [4.78, 5) is 17.8. The number of methoxy groups -OCH3 is 1. The first-order valence-electron chi connectivity index (χ1n) is 8.50. The van der Waals surface area contributed by atoms with E-state index in [9.17, 15) is 4.79 Å². The summed E-state index contributed by atoms with van der Waals surface area (Å²) in [5.74, 6) is 1.08. The lowest BCUT2D eigenvalue weighted by atomic mass is 10.1. The quantitative estimate of drug-likeness (QED) is 0.598. The highest BCUT2D eigenvalue weighted by molar-refractivity contribution is 5.78. The standard InChI is InChI=1S/C16H28N6O3/c1-5-25-16(23)22-8-6-12(7-9-22)19-15(17)18-10-13-11(2)20-21(3)14(13)24-4/h12H,5-10H2,1-4H3,(H3,17,18,19). The molecule has 0 atom stereocenters. The molecule has 1 aliphatic heterocycles. The Bertz CT molecular complexity index is 620. The Morgan fingerprint density at radius 3 is 2.72 bits per heavy atom. The number of amides is 1. The van der Waals surface area contributed by atoms with Gasteiger partial charge in [-0.05, 0) is 26.7 Å². The van der Waals surface area contributed by atoms with Crippen LogP contribution in [0, 0.1) is 6.92 Å². The zero-order chi connectivity index (χ0) is 18.4. The van der Waals surface area contributed by atoms with Gasteiger partial charge in [-0.15, -0.1) is 0 Å². The number of nitrogens with zero attached hydrogens (tertiary/aromatic N) is 4. The summed E-state index contributed by atoms with van der Waals surface area (Å²) in [6.45, 7) is 5.83. The number of nitrogens with one attached hydrogen (secondary N) is 1. The van der Waals surface area contributed by atoms with Gasteiger partial charge in [0.1, 0.15) is 0 Å². The van der Waals surface area contributed by atoms with Crippen LogP contribution in [0.3, 0.4) is 0 Å². The number of hydrogen-bond donors (Lipinski definition) is 2. The largest absolute Gasteiger partial charge is 0.481 e. The van der Waals surface area contributed by atoms with Crippen LogP contribution < -0.4 is 15.8 Å². The number of ether oxygens (including phenoxy) is 2. The van der Waals surface area contributed by atoms with E-state index in [0.717, 1.165) is 24.1 Å². The van der Waals surface area contributed by atoms with Gasteiger partial charge in [-0.25, -0.2) is 14.5 Å². The van der Waals surface area contributed by atoms with Gasteiger partial charge in [-0.1, -0.05) is 0 Å². The number of aryl methyl sites for hydroxylation is 2. The van der Waals surface area contributed by atoms with Crippen molar-refractivity contribution in [2.75, 3.05) is 26.8 Å². The Kier molecular flexibility index (Phi) is 6.49. The van der Waals surface area contributed by atoms with Crippen LogP contribution in [0.25, 0.3) is 0 Å². The molecule has 0 bridgehead atoms. The number of nitrogens with two attached hydrogens (primary N) is 1. The molecular weight excluding hydrogens is 324 g/mol. The molecule has 0 spiro atoms. The van der Waals surface area contributed by atoms with E-state index in [0.29, 0.717) is 38.1 Å². The lowest BCUT2D eigenvalue weighted by Crippen LogP contribution is -2.48. The molecule has 25 heavy (non-hydrogen) atoms. The smallest absolute Gasteiger partial charge is 0.409 e. The van der Waals surface area contributed by atoms with Gasteiger partial charge in [0, 0.05) is 26.2 Å². The predicted molar refractivity (Wildman–Crippen MR) is 94.6 cm³/mol.